The maximum Gasteiger partial charge on any atom is 0.373 e. The Hall–Kier alpha value is -1.53. The molecule has 0 amide bonds. The Morgan fingerprint density at radius 2 is 1.95 bits per heavy atom. The first-order valence-corrected chi connectivity index (χ1v) is 8.16. The van der Waals surface area contributed by atoms with Crippen LogP contribution in [0, 0.1) is 0 Å². The van der Waals surface area contributed by atoms with Crippen molar-refractivity contribution in [1.29, 1.82) is 0 Å². The molecule has 0 bridgehead atoms. The molecule has 116 valence electrons. The van der Waals surface area contributed by atoms with Gasteiger partial charge in [0, 0.05) is 5.75 Å². The summed E-state index contributed by atoms with van der Waals surface area (Å²) >= 11 is 1.60. The Morgan fingerprint density at radius 3 is 2.57 bits per heavy atom. The molecule has 0 aliphatic rings. The zero-order chi connectivity index (χ0) is 15.7. The Kier molecular flexibility index (Phi) is 7.85. The first-order chi connectivity index (χ1) is 10.1. The quantitative estimate of drug-likeness (QED) is 0.318. The van der Waals surface area contributed by atoms with Gasteiger partial charge < -0.3 is 4.74 Å². The summed E-state index contributed by atoms with van der Waals surface area (Å²) in [6.45, 7) is 4.30. The van der Waals surface area contributed by atoms with E-state index >= 15 is 0 Å². The average Bonchev–Trinajstić information content (AvgIpc) is 2.51. The van der Waals surface area contributed by atoms with Crippen LogP contribution in [0.15, 0.2) is 18.2 Å². The van der Waals surface area contributed by atoms with E-state index in [-0.39, 0.29) is 0 Å². The lowest BCUT2D eigenvalue weighted by Gasteiger charge is -2.09. The van der Waals surface area contributed by atoms with Crippen molar-refractivity contribution in [3.63, 3.8) is 0 Å². The van der Waals surface area contributed by atoms with Gasteiger partial charge in [-0.2, -0.15) is 16.6 Å². The van der Waals surface area contributed by atoms with Crippen LogP contribution in [0.4, 0.5) is 0 Å². The van der Waals surface area contributed by atoms with E-state index in [4.69, 9.17) is 14.5 Å². The van der Waals surface area contributed by atoms with Crippen LogP contribution < -0.4 is 0 Å². The number of ether oxygens (including phenoxy) is 1. The van der Waals surface area contributed by atoms with Crippen molar-refractivity contribution in [3.05, 3.63) is 34.9 Å². The Labute approximate surface area is 128 Å². The van der Waals surface area contributed by atoms with Crippen LogP contribution in [-0.2, 0) is 20.9 Å². The largest absolute Gasteiger partial charge is 0.462 e. The minimum Gasteiger partial charge on any atom is -0.462 e. The number of benzene rings is 1. The van der Waals surface area contributed by atoms with Gasteiger partial charge in [0.25, 0.3) is 0 Å². The first kappa shape index (κ1) is 17.5. The van der Waals surface area contributed by atoms with Crippen molar-refractivity contribution in [2.45, 2.75) is 20.3 Å². The third-order valence-electron chi connectivity index (χ3n) is 2.72. The molecule has 5 nitrogen and oxygen atoms in total. The highest BCUT2D eigenvalue weighted by Crippen LogP contribution is 2.15. The fraction of sp³-hybridized carbons (Fsp3) is 0.467. The maximum absolute atomic E-state index is 11.9. The fourth-order valence-electron chi connectivity index (χ4n) is 1.68. The summed E-state index contributed by atoms with van der Waals surface area (Å²) in [5.41, 5.74) is 1.54. The van der Waals surface area contributed by atoms with Gasteiger partial charge in [0.2, 0.25) is 0 Å². The fourth-order valence-corrected chi connectivity index (χ4v) is 1.92. The van der Waals surface area contributed by atoms with Gasteiger partial charge in [-0.15, -0.1) is 0 Å². The summed E-state index contributed by atoms with van der Waals surface area (Å²) in [5, 5.41) is 0. The monoisotopic (exact) mass is 312 g/mol. The molecule has 0 N–H and O–H groups in total. The standard InChI is InChI=1S/C15H20O5S/c1-4-11-10-12(14(16)18-5-2)6-7-13(11)15(17)20-19-8-9-21-3/h6-7,10H,4-5,8-9H2,1-3H3. The summed E-state index contributed by atoms with van der Waals surface area (Å²) in [6, 6.07) is 4.76. The molecule has 0 fully saturated rings. The molecule has 0 unspecified atom stereocenters. The van der Waals surface area contributed by atoms with Gasteiger partial charge in [-0.3, -0.25) is 4.89 Å². The molecular weight excluding hydrogens is 292 g/mol. The van der Waals surface area contributed by atoms with E-state index in [2.05, 4.69) is 0 Å². The van der Waals surface area contributed by atoms with Crippen LogP contribution in [0.2, 0.25) is 0 Å². The zero-order valence-corrected chi connectivity index (χ0v) is 13.3. The van der Waals surface area contributed by atoms with Gasteiger partial charge in [-0.05, 0) is 43.4 Å². The maximum atomic E-state index is 11.9. The summed E-state index contributed by atoms with van der Waals surface area (Å²) in [6.07, 6.45) is 2.54. The van der Waals surface area contributed by atoms with E-state index < -0.39 is 11.9 Å². The molecule has 0 aliphatic carbocycles. The van der Waals surface area contributed by atoms with Crippen LogP contribution >= 0.6 is 11.8 Å². The topological polar surface area (TPSA) is 61.8 Å². The summed E-state index contributed by atoms with van der Waals surface area (Å²) < 4.78 is 4.94. The SMILES string of the molecule is CCOC(=O)c1ccc(C(=O)OOCCSC)c(CC)c1. The smallest absolute Gasteiger partial charge is 0.373 e. The third-order valence-corrected chi connectivity index (χ3v) is 3.30. The molecule has 21 heavy (non-hydrogen) atoms. The molecule has 6 heteroatoms. The molecular formula is C15H20O5S. The lowest BCUT2D eigenvalue weighted by molar-refractivity contribution is -0.236. The highest BCUT2D eigenvalue weighted by Gasteiger charge is 2.16. The second-order valence-corrected chi connectivity index (χ2v) is 5.12. The molecule has 0 saturated heterocycles. The molecule has 1 aromatic rings. The van der Waals surface area contributed by atoms with Crippen molar-refractivity contribution in [2.24, 2.45) is 0 Å². The number of aryl methyl sites for hydroxylation is 1. The van der Waals surface area contributed by atoms with Gasteiger partial charge in [-0.1, -0.05) is 6.92 Å². The Morgan fingerprint density at radius 1 is 1.19 bits per heavy atom. The van der Waals surface area contributed by atoms with Crippen molar-refractivity contribution >= 4 is 23.7 Å². The van der Waals surface area contributed by atoms with Crippen LogP contribution in [0.5, 0.6) is 0 Å². The van der Waals surface area contributed by atoms with E-state index in [1.54, 1.807) is 36.9 Å². The lowest BCUT2D eigenvalue weighted by Crippen LogP contribution is -2.12. The van der Waals surface area contributed by atoms with E-state index in [1.165, 1.54) is 0 Å². The summed E-state index contributed by atoms with van der Waals surface area (Å²) in [4.78, 5) is 33.2. The predicted molar refractivity (Wildman–Crippen MR) is 81.5 cm³/mol. The van der Waals surface area contributed by atoms with E-state index in [9.17, 15) is 9.59 Å². The molecule has 0 spiro atoms. The lowest BCUT2D eigenvalue weighted by atomic mass is 10.0. The molecule has 1 aromatic carbocycles. The highest BCUT2D eigenvalue weighted by molar-refractivity contribution is 7.98. The Balaban J connectivity index is 2.78. The molecule has 1 rings (SSSR count). The zero-order valence-electron chi connectivity index (χ0n) is 12.5. The molecule has 0 saturated carbocycles. The van der Waals surface area contributed by atoms with Crippen molar-refractivity contribution in [1.82, 2.24) is 0 Å². The van der Waals surface area contributed by atoms with Crippen molar-refractivity contribution < 1.29 is 24.1 Å². The van der Waals surface area contributed by atoms with E-state index in [0.717, 1.165) is 11.3 Å². The number of esters is 1. The normalized spacial score (nSPS) is 10.2. The number of thioether (sulfide) groups is 1. The second kappa shape index (κ2) is 9.41. The van der Waals surface area contributed by atoms with E-state index in [1.807, 2.05) is 13.2 Å². The molecule has 0 heterocycles. The predicted octanol–water partition coefficient (Wildman–Crippen LogP) is 2.88. The minimum atomic E-state index is -0.552. The number of hydrogen-bond acceptors (Lipinski definition) is 6. The van der Waals surface area contributed by atoms with Crippen molar-refractivity contribution in [3.8, 4) is 0 Å². The van der Waals surface area contributed by atoms with Gasteiger partial charge in [0.05, 0.1) is 17.7 Å². The number of hydrogen-bond donors (Lipinski definition) is 0. The minimum absolute atomic E-state index is 0.313. The number of rotatable bonds is 8. The first-order valence-electron chi connectivity index (χ1n) is 6.76. The summed E-state index contributed by atoms with van der Waals surface area (Å²) in [7, 11) is 0. The molecule has 0 radical (unpaired) electrons. The third kappa shape index (κ3) is 5.40. The second-order valence-electron chi connectivity index (χ2n) is 4.13. The summed E-state index contributed by atoms with van der Waals surface area (Å²) in [5.74, 6) is -0.206. The van der Waals surface area contributed by atoms with Gasteiger partial charge in [0.1, 0.15) is 6.61 Å². The molecule has 0 aromatic heterocycles. The number of carbonyl (C=O) groups excluding carboxylic acids is 2. The number of carbonyl (C=O) groups is 2. The van der Waals surface area contributed by atoms with Gasteiger partial charge in [-0.25, -0.2) is 9.59 Å². The average molecular weight is 312 g/mol. The van der Waals surface area contributed by atoms with Gasteiger partial charge in [0.15, 0.2) is 0 Å². The van der Waals surface area contributed by atoms with Crippen LogP contribution in [0.25, 0.3) is 0 Å². The van der Waals surface area contributed by atoms with Crippen LogP contribution in [-0.4, -0.2) is 37.2 Å². The van der Waals surface area contributed by atoms with Crippen LogP contribution in [0.1, 0.15) is 40.1 Å². The highest BCUT2D eigenvalue weighted by atomic mass is 32.2. The Bertz CT molecular complexity index is 487. The van der Waals surface area contributed by atoms with E-state index in [0.29, 0.717) is 30.8 Å². The van der Waals surface area contributed by atoms with Gasteiger partial charge >= 0.3 is 11.9 Å². The molecule has 0 atom stereocenters. The van der Waals surface area contributed by atoms with Crippen LogP contribution in [0.3, 0.4) is 0 Å². The van der Waals surface area contributed by atoms with Crippen molar-refractivity contribution in [2.75, 3.05) is 25.2 Å². The molecule has 0 aliphatic heterocycles.